The fourth-order valence-electron chi connectivity index (χ4n) is 2.26. The molecule has 1 aromatic heterocycles. The van der Waals surface area contributed by atoms with Gasteiger partial charge in [-0.2, -0.15) is 0 Å². The summed E-state index contributed by atoms with van der Waals surface area (Å²) >= 11 is 0. The van der Waals surface area contributed by atoms with E-state index in [-0.39, 0.29) is 5.91 Å². The first-order valence-electron chi connectivity index (χ1n) is 6.23. The van der Waals surface area contributed by atoms with Crippen LogP contribution in [0.1, 0.15) is 23.2 Å². The van der Waals surface area contributed by atoms with E-state index < -0.39 is 11.9 Å². The summed E-state index contributed by atoms with van der Waals surface area (Å²) in [6, 6.07) is 1.28. The smallest absolute Gasteiger partial charge is 0.256 e. The fourth-order valence-corrected chi connectivity index (χ4v) is 2.26. The van der Waals surface area contributed by atoms with Crippen LogP contribution in [0.2, 0.25) is 0 Å². The Morgan fingerprint density at radius 3 is 2.79 bits per heavy atom. The van der Waals surface area contributed by atoms with Crippen LogP contribution in [0.5, 0.6) is 0 Å². The van der Waals surface area contributed by atoms with Gasteiger partial charge in [0.25, 0.3) is 5.91 Å². The highest BCUT2D eigenvalue weighted by molar-refractivity contribution is 5.98. The van der Waals surface area contributed by atoms with Crippen molar-refractivity contribution in [2.75, 3.05) is 25.5 Å². The van der Waals surface area contributed by atoms with E-state index in [0.717, 1.165) is 12.1 Å². The number of pyridine rings is 1. The summed E-state index contributed by atoms with van der Waals surface area (Å²) in [6.45, 7) is 0.568. The standard InChI is InChI=1S/C13H18N4O2/c1-16(2)10-6-9(7-15-8-10)13(19)17-5-3-4-11(17)12(14)18/h6-8,11H,3-5H2,1-2H3,(H2,14,18). The SMILES string of the molecule is CN(C)c1cncc(C(=O)N2CCCC2C(N)=O)c1. The molecule has 0 bridgehead atoms. The van der Waals surface area contributed by atoms with Crippen LogP contribution < -0.4 is 10.6 Å². The Bertz CT molecular complexity index is 501. The lowest BCUT2D eigenvalue weighted by atomic mass is 10.2. The number of primary amides is 1. The lowest BCUT2D eigenvalue weighted by Crippen LogP contribution is -2.43. The van der Waals surface area contributed by atoms with Gasteiger partial charge in [-0.15, -0.1) is 0 Å². The van der Waals surface area contributed by atoms with E-state index >= 15 is 0 Å². The monoisotopic (exact) mass is 262 g/mol. The third-order valence-electron chi connectivity index (χ3n) is 3.33. The van der Waals surface area contributed by atoms with Gasteiger partial charge in [0.1, 0.15) is 6.04 Å². The number of nitrogens with two attached hydrogens (primary N) is 1. The zero-order valence-corrected chi connectivity index (χ0v) is 11.2. The maximum absolute atomic E-state index is 12.4. The van der Waals surface area contributed by atoms with Gasteiger partial charge in [-0.25, -0.2) is 0 Å². The first-order chi connectivity index (χ1) is 9.00. The topological polar surface area (TPSA) is 79.5 Å². The van der Waals surface area contributed by atoms with Gasteiger partial charge in [-0.1, -0.05) is 0 Å². The number of carbonyl (C=O) groups is 2. The number of aromatic nitrogens is 1. The van der Waals surface area contributed by atoms with E-state index in [0.29, 0.717) is 18.5 Å². The molecule has 1 fully saturated rings. The van der Waals surface area contributed by atoms with Crippen LogP contribution in [0.3, 0.4) is 0 Å². The highest BCUT2D eigenvalue weighted by atomic mass is 16.2. The summed E-state index contributed by atoms with van der Waals surface area (Å²) in [5.41, 5.74) is 6.66. The average molecular weight is 262 g/mol. The summed E-state index contributed by atoms with van der Waals surface area (Å²) < 4.78 is 0. The molecule has 6 heteroatoms. The van der Waals surface area contributed by atoms with Crippen molar-refractivity contribution in [2.45, 2.75) is 18.9 Å². The highest BCUT2D eigenvalue weighted by Crippen LogP contribution is 2.21. The molecule has 19 heavy (non-hydrogen) atoms. The zero-order valence-electron chi connectivity index (χ0n) is 11.2. The fraction of sp³-hybridized carbons (Fsp3) is 0.462. The molecule has 2 amide bonds. The Labute approximate surface area is 112 Å². The van der Waals surface area contributed by atoms with Gasteiger partial charge < -0.3 is 15.5 Å². The van der Waals surface area contributed by atoms with Crippen LogP contribution in [-0.4, -0.2) is 48.4 Å². The molecule has 1 aliphatic heterocycles. The molecule has 0 aliphatic carbocycles. The Morgan fingerprint density at radius 1 is 1.42 bits per heavy atom. The third kappa shape index (κ3) is 2.67. The predicted molar refractivity (Wildman–Crippen MR) is 71.8 cm³/mol. The molecule has 0 saturated carbocycles. The molecule has 1 saturated heterocycles. The number of likely N-dealkylation sites (tertiary alicyclic amines) is 1. The minimum Gasteiger partial charge on any atom is -0.376 e. The lowest BCUT2D eigenvalue weighted by Gasteiger charge is -2.22. The van der Waals surface area contributed by atoms with Gasteiger partial charge in [-0.05, 0) is 18.9 Å². The number of carbonyl (C=O) groups excluding carboxylic acids is 2. The van der Waals surface area contributed by atoms with Gasteiger partial charge in [0.2, 0.25) is 5.91 Å². The molecule has 2 rings (SSSR count). The Kier molecular flexibility index (Phi) is 3.69. The van der Waals surface area contributed by atoms with Crippen LogP contribution in [0.4, 0.5) is 5.69 Å². The van der Waals surface area contributed by atoms with E-state index in [1.807, 2.05) is 19.0 Å². The van der Waals surface area contributed by atoms with Crippen LogP contribution in [0, 0.1) is 0 Å². The second kappa shape index (κ2) is 5.26. The van der Waals surface area contributed by atoms with Crippen LogP contribution >= 0.6 is 0 Å². The number of hydrogen-bond acceptors (Lipinski definition) is 4. The van der Waals surface area contributed by atoms with Gasteiger partial charge in [0.15, 0.2) is 0 Å². The Morgan fingerprint density at radius 2 is 2.16 bits per heavy atom. The van der Waals surface area contributed by atoms with Crippen molar-refractivity contribution in [3.63, 3.8) is 0 Å². The maximum atomic E-state index is 12.4. The van der Waals surface area contributed by atoms with E-state index in [1.54, 1.807) is 17.2 Å². The first kappa shape index (κ1) is 13.3. The molecular formula is C13H18N4O2. The molecule has 1 aromatic rings. The summed E-state index contributed by atoms with van der Waals surface area (Å²) in [6.07, 6.45) is 4.65. The molecule has 102 valence electrons. The number of nitrogens with zero attached hydrogens (tertiary/aromatic N) is 3. The maximum Gasteiger partial charge on any atom is 0.256 e. The van der Waals surface area contributed by atoms with Crippen LogP contribution in [-0.2, 0) is 4.79 Å². The van der Waals surface area contributed by atoms with Crippen molar-refractivity contribution in [1.29, 1.82) is 0 Å². The Hall–Kier alpha value is -2.11. The van der Waals surface area contributed by atoms with Crippen molar-refractivity contribution < 1.29 is 9.59 Å². The van der Waals surface area contributed by atoms with Crippen molar-refractivity contribution in [3.8, 4) is 0 Å². The summed E-state index contributed by atoms with van der Waals surface area (Å²) in [5.74, 6) is -0.625. The van der Waals surface area contributed by atoms with Crippen LogP contribution in [0.25, 0.3) is 0 Å². The van der Waals surface area contributed by atoms with Crippen molar-refractivity contribution in [1.82, 2.24) is 9.88 Å². The first-order valence-corrected chi connectivity index (χ1v) is 6.23. The van der Waals surface area contributed by atoms with Crippen molar-refractivity contribution >= 4 is 17.5 Å². The second-order valence-electron chi connectivity index (χ2n) is 4.89. The minimum atomic E-state index is -0.490. The molecular weight excluding hydrogens is 244 g/mol. The highest BCUT2D eigenvalue weighted by Gasteiger charge is 2.33. The van der Waals surface area contributed by atoms with Gasteiger partial charge >= 0.3 is 0 Å². The molecule has 6 nitrogen and oxygen atoms in total. The summed E-state index contributed by atoms with van der Waals surface area (Å²) in [7, 11) is 3.76. The molecule has 2 N–H and O–H groups in total. The molecule has 2 heterocycles. The Balaban J connectivity index is 2.24. The molecule has 0 spiro atoms. The number of rotatable bonds is 3. The van der Waals surface area contributed by atoms with E-state index in [4.69, 9.17) is 5.73 Å². The number of anilines is 1. The predicted octanol–water partition coefficient (Wildman–Crippen LogP) is 0.238. The van der Waals surface area contributed by atoms with Gasteiger partial charge in [-0.3, -0.25) is 14.6 Å². The molecule has 0 radical (unpaired) electrons. The summed E-state index contributed by atoms with van der Waals surface area (Å²) in [4.78, 5) is 31.2. The van der Waals surface area contributed by atoms with Crippen molar-refractivity contribution in [3.05, 3.63) is 24.0 Å². The zero-order chi connectivity index (χ0) is 14.0. The van der Waals surface area contributed by atoms with E-state index in [9.17, 15) is 9.59 Å². The van der Waals surface area contributed by atoms with E-state index in [1.165, 1.54) is 6.20 Å². The van der Waals surface area contributed by atoms with Gasteiger partial charge in [0, 0.05) is 26.8 Å². The van der Waals surface area contributed by atoms with E-state index in [2.05, 4.69) is 4.98 Å². The third-order valence-corrected chi connectivity index (χ3v) is 3.33. The largest absolute Gasteiger partial charge is 0.376 e. The number of hydrogen-bond donors (Lipinski definition) is 1. The molecule has 1 unspecified atom stereocenters. The quantitative estimate of drug-likeness (QED) is 0.846. The molecule has 0 aromatic carbocycles. The molecule has 1 atom stereocenters. The van der Waals surface area contributed by atoms with Gasteiger partial charge in [0.05, 0.1) is 17.4 Å². The average Bonchev–Trinajstić information content (AvgIpc) is 2.87. The van der Waals surface area contributed by atoms with Crippen LogP contribution in [0.15, 0.2) is 18.5 Å². The van der Waals surface area contributed by atoms with Crippen molar-refractivity contribution in [2.24, 2.45) is 5.73 Å². The minimum absolute atomic E-state index is 0.183. The lowest BCUT2D eigenvalue weighted by molar-refractivity contribution is -0.121. The summed E-state index contributed by atoms with van der Waals surface area (Å²) in [5, 5.41) is 0. The number of amides is 2. The molecule has 1 aliphatic rings. The normalized spacial score (nSPS) is 18.4. The second-order valence-corrected chi connectivity index (χ2v) is 4.89.